The van der Waals surface area contributed by atoms with Crippen LogP contribution >= 0.6 is 23.2 Å². The van der Waals surface area contributed by atoms with E-state index in [-0.39, 0.29) is 0 Å². The summed E-state index contributed by atoms with van der Waals surface area (Å²) in [5.74, 6) is 0. The summed E-state index contributed by atoms with van der Waals surface area (Å²) in [7, 11) is 0. The minimum atomic E-state index is 0.352. The van der Waals surface area contributed by atoms with Gasteiger partial charge >= 0.3 is 0 Å². The molecule has 28 heavy (non-hydrogen) atoms. The normalized spacial score (nSPS) is 11.5. The van der Waals surface area contributed by atoms with Gasteiger partial charge in [-0.25, -0.2) is 29.9 Å². The maximum Gasteiger partial charge on any atom is 0.165 e. The smallest absolute Gasteiger partial charge is 0.165 e. The van der Waals surface area contributed by atoms with Crippen molar-refractivity contribution in [2.24, 2.45) is 0 Å². The number of hydrogen-bond donors (Lipinski definition) is 0. The highest BCUT2D eigenvalue weighted by molar-refractivity contribution is 6.33. The standard InChI is InChI=1S/C18H12Cl2N8/c19-15-13-17(23-7-21-15)27(9-25-13)5-11-2-1-3-12(4-11)6-28-10-26-14-16(20)22-8-24-18(14)28/h1-4,7-10H,5-6H2. The topological polar surface area (TPSA) is 87.2 Å². The minimum Gasteiger partial charge on any atom is -0.311 e. The van der Waals surface area contributed by atoms with Gasteiger partial charge in [0.2, 0.25) is 0 Å². The highest BCUT2D eigenvalue weighted by atomic mass is 35.5. The maximum atomic E-state index is 6.08. The summed E-state index contributed by atoms with van der Waals surface area (Å²) in [4.78, 5) is 25.1. The van der Waals surface area contributed by atoms with Crippen LogP contribution in [0.2, 0.25) is 10.3 Å². The molecule has 8 nitrogen and oxygen atoms in total. The quantitative estimate of drug-likeness (QED) is 0.422. The van der Waals surface area contributed by atoms with Crippen molar-refractivity contribution in [2.75, 3.05) is 0 Å². The molecular formula is C18H12Cl2N8. The van der Waals surface area contributed by atoms with Crippen LogP contribution < -0.4 is 0 Å². The highest BCUT2D eigenvalue weighted by Gasteiger charge is 2.11. The molecule has 5 rings (SSSR count). The van der Waals surface area contributed by atoms with Gasteiger partial charge < -0.3 is 9.13 Å². The van der Waals surface area contributed by atoms with Crippen molar-refractivity contribution >= 4 is 45.5 Å². The van der Waals surface area contributed by atoms with Crippen LogP contribution in [0.5, 0.6) is 0 Å². The summed E-state index contributed by atoms with van der Waals surface area (Å²) in [6.07, 6.45) is 6.33. The van der Waals surface area contributed by atoms with Crippen molar-refractivity contribution in [3.05, 3.63) is 71.0 Å². The monoisotopic (exact) mass is 410 g/mol. The molecule has 0 spiro atoms. The molecule has 4 aromatic heterocycles. The van der Waals surface area contributed by atoms with Gasteiger partial charge in [-0.1, -0.05) is 47.5 Å². The van der Waals surface area contributed by atoms with Crippen LogP contribution in [-0.4, -0.2) is 39.0 Å². The van der Waals surface area contributed by atoms with Gasteiger partial charge in [-0.05, 0) is 11.1 Å². The number of hydrogen-bond acceptors (Lipinski definition) is 6. The van der Waals surface area contributed by atoms with Crippen LogP contribution in [0.25, 0.3) is 22.3 Å². The number of fused-ring (bicyclic) bond motifs is 2. The first-order valence-corrected chi connectivity index (χ1v) is 9.15. The highest BCUT2D eigenvalue weighted by Crippen LogP contribution is 2.20. The minimum absolute atomic E-state index is 0.352. The number of imidazole rings is 2. The molecule has 0 saturated heterocycles. The van der Waals surface area contributed by atoms with Crippen molar-refractivity contribution in [3.8, 4) is 0 Å². The lowest BCUT2D eigenvalue weighted by Gasteiger charge is -2.08. The Morgan fingerprint density at radius 3 is 1.68 bits per heavy atom. The van der Waals surface area contributed by atoms with Crippen molar-refractivity contribution in [3.63, 3.8) is 0 Å². The molecule has 0 bridgehead atoms. The van der Waals surface area contributed by atoms with E-state index in [0.29, 0.717) is 45.7 Å². The van der Waals surface area contributed by atoms with E-state index < -0.39 is 0 Å². The van der Waals surface area contributed by atoms with E-state index in [1.165, 1.54) is 12.7 Å². The van der Waals surface area contributed by atoms with Crippen molar-refractivity contribution in [1.29, 1.82) is 0 Å². The molecular weight excluding hydrogens is 399 g/mol. The van der Waals surface area contributed by atoms with Crippen LogP contribution in [0.3, 0.4) is 0 Å². The second-order valence-electron chi connectivity index (χ2n) is 6.24. The maximum absolute atomic E-state index is 6.08. The Kier molecular flexibility index (Phi) is 4.14. The third kappa shape index (κ3) is 2.96. The molecule has 4 heterocycles. The van der Waals surface area contributed by atoms with Gasteiger partial charge in [-0.2, -0.15) is 0 Å². The average Bonchev–Trinajstić information content (AvgIpc) is 3.29. The first kappa shape index (κ1) is 17.0. The third-order valence-electron chi connectivity index (χ3n) is 4.41. The number of halogens is 2. The molecule has 0 fully saturated rings. The summed E-state index contributed by atoms with van der Waals surface area (Å²) < 4.78 is 3.89. The van der Waals surface area contributed by atoms with E-state index in [4.69, 9.17) is 23.2 Å². The number of nitrogens with zero attached hydrogens (tertiary/aromatic N) is 8. The number of benzene rings is 1. The molecule has 5 aromatic rings. The molecule has 138 valence electrons. The molecule has 0 amide bonds. The average molecular weight is 411 g/mol. The Bertz CT molecular complexity index is 1210. The van der Waals surface area contributed by atoms with E-state index in [0.717, 1.165) is 11.1 Å². The van der Waals surface area contributed by atoms with Crippen LogP contribution in [0.15, 0.2) is 49.6 Å². The third-order valence-corrected chi connectivity index (χ3v) is 4.96. The molecule has 0 aliphatic rings. The first-order chi connectivity index (χ1) is 13.7. The van der Waals surface area contributed by atoms with E-state index in [2.05, 4.69) is 48.1 Å². The fourth-order valence-corrected chi connectivity index (χ4v) is 3.51. The van der Waals surface area contributed by atoms with Gasteiger partial charge in [0.05, 0.1) is 25.7 Å². The lowest BCUT2D eigenvalue weighted by atomic mass is 10.1. The van der Waals surface area contributed by atoms with Gasteiger partial charge in [-0.15, -0.1) is 0 Å². The van der Waals surface area contributed by atoms with Crippen LogP contribution in [0.1, 0.15) is 11.1 Å². The Morgan fingerprint density at radius 2 is 1.18 bits per heavy atom. The SMILES string of the molecule is Clc1ncnc2c1ncn2Cc1cccc(Cn2cnc3c(Cl)ncnc32)c1. The summed E-state index contributed by atoms with van der Waals surface area (Å²) in [5.41, 5.74) is 4.84. The van der Waals surface area contributed by atoms with E-state index >= 15 is 0 Å². The molecule has 0 atom stereocenters. The predicted molar refractivity (Wildman–Crippen MR) is 105 cm³/mol. The van der Waals surface area contributed by atoms with Crippen LogP contribution in [0.4, 0.5) is 0 Å². The predicted octanol–water partition coefficient (Wildman–Crippen LogP) is 3.37. The Balaban J connectivity index is 1.44. The Hall–Kier alpha value is -3.10. The molecule has 0 radical (unpaired) electrons. The van der Waals surface area contributed by atoms with Gasteiger partial charge in [0.1, 0.15) is 23.7 Å². The first-order valence-electron chi connectivity index (χ1n) is 8.39. The molecule has 0 unspecified atom stereocenters. The van der Waals surface area contributed by atoms with Gasteiger partial charge in [-0.3, -0.25) is 0 Å². The molecule has 10 heteroatoms. The van der Waals surface area contributed by atoms with Crippen molar-refractivity contribution < 1.29 is 0 Å². The molecule has 0 saturated carbocycles. The lowest BCUT2D eigenvalue weighted by molar-refractivity contribution is 0.793. The summed E-state index contributed by atoms with van der Waals surface area (Å²) in [5, 5.41) is 0.704. The van der Waals surface area contributed by atoms with E-state index in [1.807, 2.05) is 15.2 Å². The van der Waals surface area contributed by atoms with Gasteiger partial charge in [0, 0.05) is 0 Å². The number of rotatable bonds is 4. The van der Waals surface area contributed by atoms with Crippen LogP contribution in [-0.2, 0) is 13.1 Å². The fourth-order valence-electron chi connectivity index (χ4n) is 3.16. The summed E-state index contributed by atoms with van der Waals surface area (Å²) in [6.45, 7) is 1.24. The van der Waals surface area contributed by atoms with E-state index in [9.17, 15) is 0 Å². The van der Waals surface area contributed by atoms with Gasteiger partial charge in [0.25, 0.3) is 0 Å². The zero-order valence-electron chi connectivity index (χ0n) is 14.4. The lowest BCUT2D eigenvalue weighted by Crippen LogP contribution is -2.03. The molecule has 0 aliphatic carbocycles. The second kappa shape index (κ2) is 6.81. The Morgan fingerprint density at radius 1 is 0.679 bits per heavy atom. The van der Waals surface area contributed by atoms with Crippen molar-refractivity contribution in [1.82, 2.24) is 39.0 Å². The zero-order chi connectivity index (χ0) is 19.1. The molecule has 0 N–H and O–H groups in total. The summed E-state index contributed by atoms with van der Waals surface area (Å²) in [6, 6.07) is 8.27. The van der Waals surface area contributed by atoms with E-state index in [1.54, 1.807) is 12.7 Å². The number of aromatic nitrogens is 8. The fraction of sp³-hybridized carbons (Fsp3) is 0.111. The van der Waals surface area contributed by atoms with Crippen molar-refractivity contribution in [2.45, 2.75) is 13.1 Å². The van der Waals surface area contributed by atoms with Gasteiger partial charge in [0.15, 0.2) is 21.6 Å². The molecule has 1 aromatic carbocycles. The Labute approximate surface area is 168 Å². The zero-order valence-corrected chi connectivity index (χ0v) is 15.9. The van der Waals surface area contributed by atoms with Crippen LogP contribution in [0, 0.1) is 0 Å². The largest absolute Gasteiger partial charge is 0.311 e. The second-order valence-corrected chi connectivity index (χ2v) is 6.95. The summed E-state index contributed by atoms with van der Waals surface area (Å²) >= 11 is 12.2. The molecule has 0 aliphatic heterocycles.